The van der Waals surface area contributed by atoms with Gasteiger partial charge < -0.3 is 37.8 Å². The van der Waals surface area contributed by atoms with Gasteiger partial charge in [-0.2, -0.15) is 5.26 Å². The lowest BCUT2D eigenvalue weighted by atomic mass is 9.95. The normalized spacial score (nSPS) is 14.4. The number of carbonyl (C=O) groups excluding carboxylic acids is 1. The van der Waals surface area contributed by atoms with Crippen molar-refractivity contribution in [1.82, 2.24) is 5.32 Å². The summed E-state index contributed by atoms with van der Waals surface area (Å²) in [6.45, 7) is 4.17. The van der Waals surface area contributed by atoms with Gasteiger partial charge in [-0.15, -0.1) is 9.56 Å². The molecule has 0 radical (unpaired) electrons. The Morgan fingerprint density at radius 2 is 1.85 bits per heavy atom. The first-order chi connectivity index (χ1) is 19.1. The number of rotatable bonds is 16. The van der Waals surface area contributed by atoms with E-state index in [-0.39, 0.29) is 18.4 Å². The van der Waals surface area contributed by atoms with E-state index in [1.54, 1.807) is 28.1 Å². The molecule has 10 nitrogen and oxygen atoms in total. The molecule has 218 valence electrons. The molecule has 0 bridgehead atoms. The number of guanidine groups is 1. The van der Waals surface area contributed by atoms with Crippen LogP contribution in [0.1, 0.15) is 51.4 Å². The lowest BCUT2D eigenvalue weighted by Crippen LogP contribution is -3.00. The Morgan fingerprint density at radius 3 is 2.52 bits per heavy atom. The minimum absolute atomic E-state index is 0. The van der Waals surface area contributed by atoms with Crippen molar-refractivity contribution in [1.29, 1.82) is 5.26 Å². The van der Waals surface area contributed by atoms with Crippen LogP contribution in [-0.2, 0) is 14.3 Å². The largest absolute Gasteiger partial charge is 1.00 e. The molecule has 0 saturated carbocycles. The molecule has 0 spiro atoms. The molecule has 3 N–H and O–H groups in total. The van der Waals surface area contributed by atoms with Crippen LogP contribution in [-0.4, -0.2) is 45.3 Å². The van der Waals surface area contributed by atoms with E-state index in [9.17, 15) is 4.79 Å². The molecule has 12 heteroatoms. The van der Waals surface area contributed by atoms with Gasteiger partial charge in [0, 0.05) is 23.7 Å². The highest BCUT2D eigenvalue weighted by molar-refractivity contribution is 6.30. The molecule has 3 rings (SSSR count). The van der Waals surface area contributed by atoms with Crippen molar-refractivity contribution in [2.24, 2.45) is 16.6 Å². The molecule has 1 aromatic heterocycles. The Hall–Kier alpha value is -3.10. The van der Waals surface area contributed by atoms with Crippen molar-refractivity contribution < 1.29 is 36.0 Å². The van der Waals surface area contributed by atoms with E-state index in [1.165, 1.54) is 0 Å². The summed E-state index contributed by atoms with van der Waals surface area (Å²) in [6, 6.07) is 11.0. The Kier molecular flexibility index (Phi) is 15.8. The van der Waals surface area contributed by atoms with Gasteiger partial charge in [-0.1, -0.05) is 24.4 Å². The van der Waals surface area contributed by atoms with Crippen molar-refractivity contribution in [2.75, 3.05) is 37.7 Å². The van der Waals surface area contributed by atoms with Crippen molar-refractivity contribution in [3.8, 4) is 11.9 Å². The second-order valence-electron chi connectivity index (χ2n) is 9.33. The van der Waals surface area contributed by atoms with Gasteiger partial charge in [0.25, 0.3) is 6.47 Å². The lowest BCUT2D eigenvalue weighted by Gasteiger charge is -2.23. The van der Waals surface area contributed by atoms with E-state index < -0.39 is 6.41 Å². The molecule has 1 saturated heterocycles. The highest BCUT2D eigenvalue weighted by Gasteiger charge is 2.22. The summed E-state index contributed by atoms with van der Waals surface area (Å²) in [4.78, 5) is 16.6. The highest BCUT2D eigenvalue weighted by Crippen LogP contribution is 2.19. The van der Waals surface area contributed by atoms with E-state index in [1.807, 2.05) is 36.4 Å². The van der Waals surface area contributed by atoms with Crippen LogP contribution in [0.3, 0.4) is 0 Å². The average molecular weight is 594 g/mol. The number of piperidine rings is 1. The lowest BCUT2D eigenvalue weighted by molar-refractivity contribution is -0.799. The van der Waals surface area contributed by atoms with Crippen LogP contribution < -0.4 is 37.7 Å². The van der Waals surface area contributed by atoms with E-state index in [4.69, 9.17) is 36.8 Å². The molecule has 1 aromatic carbocycles. The first kappa shape index (κ1) is 33.1. The van der Waals surface area contributed by atoms with Gasteiger partial charge in [0.05, 0.1) is 18.9 Å². The number of benzene rings is 1. The van der Waals surface area contributed by atoms with Crippen molar-refractivity contribution >= 4 is 29.7 Å². The first-order valence-electron chi connectivity index (χ1n) is 13.4. The number of nitrogens with two attached hydrogens (primary N) is 1. The maximum Gasteiger partial charge on any atom is 0.425 e. The third-order valence-corrected chi connectivity index (χ3v) is 6.86. The molecule has 1 aliphatic heterocycles. The monoisotopic (exact) mass is 592 g/mol. The van der Waals surface area contributed by atoms with Gasteiger partial charge in [0.2, 0.25) is 12.2 Å². The molecule has 1 aliphatic rings. The van der Waals surface area contributed by atoms with E-state index in [0.717, 1.165) is 69.5 Å². The highest BCUT2D eigenvalue weighted by atomic mass is 35.5. The van der Waals surface area contributed by atoms with Crippen LogP contribution >= 0.6 is 11.6 Å². The number of carbonyl (C=O) groups is 1. The van der Waals surface area contributed by atoms with Crippen molar-refractivity contribution in [2.45, 2.75) is 51.4 Å². The van der Waals surface area contributed by atoms with Gasteiger partial charge in [-0.05, 0) is 75.4 Å². The van der Waals surface area contributed by atoms with Crippen molar-refractivity contribution in [3.05, 3.63) is 53.8 Å². The minimum Gasteiger partial charge on any atom is -1.00 e. The Morgan fingerprint density at radius 1 is 1.15 bits per heavy atom. The number of unbranched alkanes of at least 4 members (excludes halogenated alkanes) is 3. The third-order valence-electron chi connectivity index (χ3n) is 6.61. The van der Waals surface area contributed by atoms with Crippen LogP contribution in [0.2, 0.25) is 5.02 Å². The standard InChI is InChI=1S/C28H38ClN6O4.ClH/c29-24-5-7-26(8-6-24)37-19-4-2-1-3-16-35(27(31)33-21-30)25-11-17-34(18-12-25)28(39-22-36)38-20-13-23-9-14-32-15-10-23;/h5-8,11-12,17-18,22-23,28,32H,1-4,9-10,13-16,19-20H2,(H2,31,33);1H/q+1;/p-1. The van der Waals surface area contributed by atoms with Crippen LogP contribution in [0.5, 0.6) is 5.75 Å². The average Bonchev–Trinajstić information content (AvgIpc) is 2.96. The SMILES string of the molecule is N#CN=C(N)N(CCCCCCOc1ccc(Cl)cc1)c1cc[n+](C(OC=O)OCCC2CCNCC2)cc1.[Cl-]. The van der Waals surface area contributed by atoms with Crippen LogP contribution in [0.15, 0.2) is 53.8 Å². The smallest absolute Gasteiger partial charge is 0.425 e. The third kappa shape index (κ3) is 11.6. The van der Waals surface area contributed by atoms with Gasteiger partial charge in [0.15, 0.2) is 12.4 Å². The molecule has 40 heavy (non-hydrogen) atoms. The number of hydrogen-bond acceptors (Lipinski definition) is 7. The number of nitrogens with one attached hydrogen (secondary N) is 1. The zero-order valence-electron chi connectivity index (χ0n) is 22.6. The number of halogens is 2. The number of hydrogen-bond donors (Lipinski definition) is 2. The Balaban J connectivity index is 0.00000560. The van der Waals surface area contributed by atoms with Gasteiger partial charge in [-0.25, -0.2) is 0 Å². The number of anilines is 1. The summed E-state index contributed by atoms with van der Waals surface area (Å²) >= 11 is 5.90. The Labute approximate surface area is 247 Å². The molecule has 2 aromatic rings. The summed E-state index contributed by atoms with van der Waals surface area (Å²) in [6.07, 6.45) is 11.3. The molecule has 1 unspecified atom stereocenters. The van der Waals surface area contributed by atoms with Gasteiger partial charge in [0.1, 0.15) is 5.75 Å². The maximum absolute atomic E-state index is 11.1. The Bertz CT molecular complexity index is 1060. The molecule has 0 aliphatic carbocycles. The number of aromatic nitrogens is 1. The second kappa shape index (κ2) is 19.1. The second-order valence-corrected chi connectivity index (χ2v) is 9.77. The van der Waals surface area contributed by atoms with E-state index in [2.05, 4.69) is 10.3 Å². The fraction of sp³-hybridized carbons (Fsp3) is 0.500. The number of ether oxygens (including phenoxy) is 3. The summed E-state index contributed by atoms with van der Waals surface area (Å²) in [7, 11) is 0. The number of pyridine rings is 1. The topological polar surface area (TPSA) is 126 Å². The molecule has 1 atom stereocenters. The molecular formula is C28H38Cl2N6O4. The summed E-state index contributed by atoms with van der Waals surface area (Å²) in [5.41, 5.74) is 6.87. The van der Waals surface area contributed by atoms with E-state index >= 15 is 0 Å². The van der Waals surface area contributed by atoms with Gasteiger partial charge in [-0.3, -0.25) is 9.53 Å². The zero-order valence-corrected chi connectivity index (χ0v) is 24.1. The predicted molar refractivity (Wildman–Crippen MR) is 149 cm³/mol. The number of nitrogens with zero attached hydrogens (tertiary/aromatic N) is 4. The molecule has 1 fully saturated rings. The summed E-state index contributed by atoms with van der Waals surface area (Å²) in [5, 5.41) is 13.1. The number of aliphatic imine (C=N–C) groups is 1. The van der Waals surface area contributed by atoms with E-state index in [0.29, 0.717) is 37.2 Å². The quantitative estimate of drug-likeness (QED) is 0.0560. The molecule has 0 amide bonds. The maximum atomic E-state index is 11.1. The predicted octanol–water partition coefficient (Wildman–Crippen LogP) is 0.908. The summed E-state index contributed by atoms with van der Waals surface area (Å²) < 4.78 is 18.5. The number of nitriles is 1. The fourth-order valence-corrected chi connectivity index (χ4v) is 4.56. The first-order valence-corrected chi connectivity index (χ1v) is 13.8. The van der Waals surface area contributed by atoms with Gasteiger partial charge >= 0.3 is 6.41 Å². The molecular weight excluding hydrogens is 555 g/mol. The fourth-order valence-electron chi connectivity index (χ4n) is 4.43. The molecule has 2 heterocycles. The van der Waals surface area contributed by atoms with Crippen LogP contribution in [0.25, 0.3) is 0 Å². The van der Waals surface area contributed by atoms with Crippen molar-refractivity contribution in [3.63, 3.8) is 0 Å². The minimum atomic E-state index is -0.855. The van der Waals surface area contributed by atoms with Crippen LogP contribution in [0, 0.1) is 17.4 Å². The zero-order chi connectivity index (χ0) is 27.7. The summed E-state index contributed by atoms with van der Waals surface area (Å²) in [5.74, 6) is 1.54. The van der Waals surface area contributed by atoms with Crippen LogP contribution in [0.4, 0.5) is 5.69 Å².